The molecule has 6 heteroatoms. The summed E-state index contributed by atoms with van der Waals surface area (Å²) in [7, 11) is 0. The molecular weight excluding hydrogens is 256 g/mol. The summed E-state index contributed by atoms with van der Waals surface area (Å²) in [4.78, 5) is 26.4. The lowest BCUT2D eigenvalue weighted by atomic mass is 10.0. The van der Waals surface area contributed by atoms with Crippen LogP contribution in [0, 0.1) is 5.92 Å². The third kappa shape index (κ3) is 2.67. The van der Waals surface area contributed by atoms with E-state index in [1.807, 2.05) is 6.92 Å². The molecule has 18 heavy (non-hydrogen) atoms. The summed E-state index contributed by atoms with van der Waals surface area (Å²) >= 11 is 5.86. The van der Waals surface area contributed by atoms with Crippen LogP contribution in [0.4, 0.5) is 0 Å². The van der Waals surface area contributed by atoms with E-state index in [0.29, 0.717) is 25.1 Å². The number of rotatable bonds is 3. The maximum Gasteiger partial charge on any atom is 0.329 e. The molecule has 100 valence electrons. The van der Waals surface area contributed by atoms with E-state index in [1.54, 1.807) is 0 Å². The van der Waals surface area contributed by atoms with E-state index in [1.165, 1.54) is 4.57 Å². The summed E-state index contributed by atoms with van der Waals surface area (Å²) in [6.07, 6.45) is 2.47. The molecule has 0 amide bonds. The van der Waals surface area contributed by atoms with Gasteiger partial charge in [-0.25, -0.2) is 4.79 Å². The number of nitrogens with zero attached hydrogens (tertiary/aromatic N) is 1. The number of H-pyrrole nitrogens is 1. The van der Waals surface area contributed by atoms with Gasteiger partial charge in [-0.2, -0.15) is 0 Å². The predicted octanol–water partition coefficient (Wildman–Crippen LogP) is 1.18. The monoisotopic (exact) mass is 272 g/mol. The molecule has 2 heterocycles. The third-order valence-corrected chi connectivity index (χ3v) is 3.60. The second-order valence-corrected chi connectivity index (χ2v) is 4.95. The summed E-state index contributed by atoms with van der Waals surface area (Å²) in [6, 6.07) is 0. The van der Waals surface area contributed by atoms with Gasteiger partial charge in [-0.1, -0.05) is 18.5 Å². The minimum absolute atomic E-state index is 0.156. The van der Waals surface area contributed by atoms with Gasteiger partial charge in [0, 0.05) is 19.1 Å². The van der Waals surface area contributed by atoms with E-state index >= 15 is 0 Å². The first-order valence-electron chi connectivity index (χ1n) is 6.22. The van der Waals surface area contributed by atoms with Crippen molar-refractivity contribution < 1.29 is 4.74 Å². The van der Waals surface area contributed by atoms with Crippen LogP contribution in [0.1, 0.15) is 25.3 Å². The Morgan fingerprint density at radius 2 is 2.28 bits per heavy atom. The Bertz CT molecular complexity index is 529. The summed E-state index contributed by atoms with van der Waals surface area (Å²) in [5.74, 6) is 0.225. The van der Waals surface area contributed by atoms with E-state index in [9.17, 15) is 9.59 Å². The highest BCUT2D eigenvalue weighted by atomic mass is 35.5. The highest BCUT2D eigenvalue weighted by molar-refractivity contribution is 6.30. The molecule has 1 atom stereocenters. The summed E-state index contributed by atoms with van der Waals surface area (Å²) in [5, 5.41) is 0.156. The Morgan fingerprint density at radius 1 is 1.50 bits per heavy atom. The topological polar surface area (TPSA) is 64.1 Å². The number of hydrogen-bond donors (Lipinski definition) is 1. The number of ether oxygens (including phenoxy) is 1. The number of hydrogen-bond acceptors (Lipinski definition) is 3. The zero-order chi connectivity index (χ0) is 13.1. The van der Waals surface area contributed by atoms with Crippen molar-refractivity contribution in [2.24, 2.45) is 5.92 Å². The van der Waals surface area contributed by atoms with E-state index in [0.717, 1.165) is 19.4 Å². The van der Waals surface area contributed by atoms with Gasteiger partial charge in [-0.15, -0.1) is 0 Å². The molecule has 1 saturated heterocycles. The van der Waals surface area contributed by atoms with Gasteiger partial charge in [0.2, 0.25) is 0 Å². The maximum absolute atomic E-state index is 12.1. The first-order chi connectivity index (χ1) is 8.63. The highest BCUT2D eigenvalue weighted by Crippen LogP contribution is 2.14. The van der Waals surface area contributed by atoms with Crippen LogP contribution in [0.3, 0.4) is 0 Å². The number of nitrogens with one attached hydrogen (secondary N) is 1. The van der Waals surface area contributed by atoms with Crippen LogP contribution < -0.4 is 11.2 Å². The average Bonchev–Trinajstić information content (AvgIpc) is 2.36. The van der Waals surface area contributed by atoms with E-state index in [-0.39, 0.29) is 16.6 Å². The molecule has 1 aromatic heterocycles. The van der Waals surface area contributed by atoms with Gasteiger partial charge in [-0.05, 0) is 19.3 Å². The minimum atomic E-state index is -0.437. The third-order valence-electron chi connectivity index (χ3n) is 3.28. The lowest BCUT2D eigenvalue weighted by molar-refractivity contribution is 0.0474. The fourth-order valence-corrected chi connectivity index (χ4v) is 2.56. The molecule has 0 spiro atoms. The van der Waals surface area contributed by atoms with Gasteiger partial charge in [0.05, 0.1) is 12.2 Å². The summed E-state index contributed by atoms with van der Waals surface area (Å²) < 4.78 is 6.60. The van der Waals surface area contributed by atoms with Crippen molar-refractivity contribution in [1.82, 2.24) is 9.55 Å². The van der Waals surface area contributed by atoms with Crippen LogP contribution in [0.5, 0.6) is 0 Å². The SMILES string of the molecule is CCc1c(Cl)[nH]c(=O)n(CC2CCCOC2)c1=O. The Hall–Kier alpha value is -1.07. The van der Waals surface area contributed by atoms with Crippen LogP contribution in [-0.2, 0) is 17.7 Å². The van der Waals surface area contributed by atoms with Crippen molar-refractivity contribution in [2.45, 2.75) is 32.7 Å². The molecule has 5 nitrogen and oxygen atoms in total. The Morgan fingerprint density at radius 3 is 2.89 bits per heavy atom. The highest BCUT2D eigenvalue weighted by Gasteiger charge is 2.18. The quantitative estimate of drug-likeness (QED) is 0.841. The fraction of sp³-hybridized carbons (Fsp3) is 0.667. The van der Waals surface area contributed by atoms with Crippen LogP contribution in [0.15, 0.2) is 9.59 Å². The van der Waals surface area contributed by atoms with Gasteiger partial charge in [-0.3, -0.25) is 14.3 Å². The van der Waals surface area contributed by atoms with Crippen molar-refractivity contribution in [3.05, 3.63) is 31.6 Å². The zero-order valence-electron chi connectivity index (χ0n) is 10.4. The molecule has 0 aromatic carbocycles. The first-order valence-corrected chi connectivity index (χ1v) is 6.60. The zero-order valence-corrected chi connectivity index (χ0v) is 11.1. The minimum Gasteiger partial charge on any atom is -0.381 e. The lowest BCUT2D eigenvalue weighted by Crippen LogP contribution is -2.40. The fourth-order valence-electron chi connectivity index (χ4n) is 2.27. The van der Waals surface area contributed by atoms with E-state index in [4.69, 9.17) is 16.3 Å². The smallest absolute Gasteiger partial charge is 0.329 e. The Kier molecular flexibility index (Phi) is 4.24. The molecular formula is C12H17ClN2O3. The first kappa shape index (κ1) is 13.4. The summed E-state index contributed by atoms with van der Waals surface area (Å²) in [5.41, 5.74) is -0.252. The standard InChI is InChI=1S/C12H17ClN2O3/c1-2-9-10(13)14-12(17)15(11(9)16)6-8-4-3-5-18-7-8/h8H,2-7H2,1H3,(H,14,17). The molecule has 1 fully saturated rings. The van der Waals surface area contributed by atoms with Crippen LogP contribution in [0.2, 0.25) is 5.15 Å². The van der Waals surface area contributed by atoms with Crippen molar-refractivity contribution in [3.63, 3.8) is 0 Å². The molecule has 0 saturated carbocycles. The van der Waals surface area contributed by atoms with E-state index < -0.39 is 5.69 Å². The number of aromatic amines is 1. The predicted molar refractivity (Wildman–Crippen MR) is 69.3 cm³/mol. The molecule has 1 aliphatic heterocycles. The molecule has 2 rings (SSSR count). The lowest BCUT2D eigenvalue weighted by Gasteiger charge is -2.22. The Balaban J connectivity index is 2.32. The normalized spacial score (nSPS) is 20.0. The number of aromatic nitrogens is 2. The van der Waals surface area contributed by atoms with Crippen LogP contribution in [0.25, 0.3) is 0 Å². The molecule has 1 aromatic rings. The van der Waals surface area contributed by atoms with Crippen molar-refractivity contribution in [1.29, 1.82) is 0 Å². The molecule has 1 unspecified atom stereocenters. The van der Waals surface area contributed by atoms with E-state index in [2.05, 4.69) is 4.98 Å². The van der Waals surface area contributed by atoms with Gasteiger partial charge in [0.15, 0.2) is 0 Å². The second kappa shape index (κ2) is 5.71. The van der Waals surface area contributed by atoms with Crippen molar-refractivity contribution in [3.8, 4) is 0 Å². The largest absolute Gasteiger partial charge is 0.381 e. The Labute approximate surface area is 110 Å². The molecule has 0 aliphatic carbocycles. The van der Waals surface area contributed by atoms with Gasteiger partial charge < -0.3 is 4.74 Å². The molecule has 0 radical (unpaired) electrons. The molecule has 1 aliphatic rings. The number of halogens is 1. The van der Waals surface area contributed by atoms with Gasteiger partial charge in [0.25, 0.3) is 5.56 Å². The van der Waals surface area contributed by atoms with Gasteiger partial charge >= 0.3 is 5.69 Å². The van der Waals surface area contributed by atoms with Crippen molar-refractivity contribution in [2.75, 3.05) is 13.2 Å². The van der Waals surface area contributed by atoms with Gasteiger partial charge in [0.1, 0.15) is 5.15 Å². The summed E-state index contributed by atoms with van der Waals surface area (Å²) in [6.45, 7) is 3.62. The van der Waals surface area contributed by atoms with Crippen LogP contribution >= 0.6 is 11.6 Å². The van der Waals surface area contributed by atoms with Crippen molar-refractivity contribution >= 4 is 11.6 Å². The maximum atomic E-state index is 12.1. The van der Waals surface area contributed by atoms with Crippen LogP contribution in [-0.4, -0.2) is 22.8 Å². The second-order valence-electron chi connectivity index (χ2n) is 4.58. The molecule has 1 N–H and O–H groups in total. The average molecular weight is 273 g/mol. The molecule has 0 bridgehead atoms.